The number of aromatic amines is 1. The summed E-state index contributed by atoms with van der Waals surface area (Å²) in [6.07, 6.45) is 0. The third-order valence-corrected chi connectivity index (χ3v) is 5.80. The molecule has 2 N–H and O–H groups in total. The Morgan fingerprint density at radius 1 is 1.15 bits per heavy atom. The Balaban J connectivity index is 1.53. The number of carboxylic acid groups (broad SMARTS) is 1. The molecule has 0 unspecified atom stereocenters. The molecule has 0 bridgehead atoms. The van der Waals surface area contributed by atoms with Crippen molar-refractivity contribution in [1.82, 2.24) is 34.7 Å². The fourth-order valence-corrected chi connectivity index (χ4v) is 4.30. The number of hydrogen-bond donors (Lipinski definition) is 2. The number of rotatable bonds is 7. The van der Waals surface area contributed by atoms with Crippen LogP contribution in [0.3, 0.4) is 0 Å². The fraction of sp³-hybridized carbons (Fsp3) is 0.136. The van der Waals surface area contributed by atoms with Crippen LogP contribution in [0, 0.1) is 0 Å². The predicted octanol–water partition coefficient (Wildman–Crippen LogP) is 3.91. The lowest BCUT2D eigenvalue weighted by molar-refractivity contribution is 0.0698. The molecule has 0 aliphatic rings. The van der Waals surface area contributed by atoms with Crippen LogP contribution < -0.4 is 4.74 Å². The second-order valence-electron chi connectivity index (χ2n) is 7.17. The van der Waals surface area contributed by atoms with Crippen LogP contribution in [0.15, 0.2) is 59.2 Å². The van der Waals surface area contributed by atoms with Gasteiger partial charge in [-0.3, -0.25) is 4.57 Å². The highest BCUT2D eigenvalue weighted by Gasteiger charge is 2.19. The monoisotopic (exact) mass is 507 g/mol. The molecule has 0 aliphatic carbocycles. The van der Waals surface area contributed by atoms with Gasteiger partial charge in [0.1, 0.15) is 0 Å². The van der Waals surface area contributed by atoms with Gasteiger partial charge in [-0.15, -0.1) is 10.2 Å². The molecule has 0 saturated carbocycles. The van der Waals surface area contributed by atoms with Crippen LogP contribution in [-0.2, 0) is 6.54 Å². The van der Waals surface area contributed by atoms with E-state index in [1.807, 2.05) is 47.9 Å². The van der Waals surface area contributed by atoms with E-state index in [1.165, 1.54) is 0 Å². The molecule has 5 aromatic rings. The molecule has 3 heterocycles. The van der Waals surface area contributed by atoms with Crippen LogP contribution in [0.4, 0.5) is 0 Å². The Hall–Kier alpha value is -3.99. The molecular weight excluding hydrogens is 490 g/mol. The molecule has 166 valence electrons. The lowest BCUT2D eigenvalue weighted by Crippen LogP contribution is -2.08. The Morgan fingerprint density at radius 2 is 1.97 bits per heavy atom. The summed E-state index contributed by atoms with van der Waals surface area (Å²) in [7, 11) is 0. The number of H-pyrrole nitrogens is 1. The van der Waals surface area contributed by atoms with Gasteiger partial charge in [0.05, 0.1) is 40.0 Å². The van der Waals surface area contributed by atoms with E-state index in [1.54, 1.807) is 22.8 Å². The third-order valence-electron chi connectivity index (χ3n) is 5.18. The van der Waals surface area contributed by atoms with E-state index >= 15 is 0 Å². The zero-order valence-electron chi connectivity index (χ0n) is 17.4. The highest BCUT2D eigenvalue weighted by atomic mass is 79.9. The second-order valence-corrected chi connectivity index (χ2v) is 7.98. The normalized spacial score (nSPS) is 11.2. The van der Waals surface area contributed by atoms with Crippen LogP contribution in [0.25, 0.3) is 28.2 Å². The minimum atomic E-state index is -1.01. The molecule has 5 rings (SSSR count). The van der Waals surface area contributed by atoms with Crippen molar-refractivity contribution < 1.29 is 14.6 Å². The molecule has 10 nitrogen and oxygen atoms in total. The SMILES string of the molecule is CCOc1nc2cccc(C(=O)O)c2n1Cc1ccc(-n2c(Br)ccc2-c2nn[nH]n2)cc1. The summed E-state index contributed by atoms with van der Waals surface area (Å²) in [5, 5.41) is 23.9. The van der Waals surface area contributed by atoms with E-state index in [4.69, 9.17) is 4.74 Å². The van der Waals surface area contributed by atoms with Gasteiger partial charge in [0.2, 0.25) is 5.82 Å². The third kappa shape index (κ3) is 3.76. The van der Waals surface area contributed by atoms with E-state index < -0.39 is 5.97 Å². The smallest absolute Gasteiger partial charge is 0.337 e. The zero-order chi connectivity index (χ0) is 22.9. The van der Waals surface area contributed by atoms with E-state index in [2.05, 4.69) is 41.5 Å². The highest BCUT2D eigenvalue weighted by molar-refractivity contribution is 9.10. The van der Waals surface area contributed by atoms with E-state index in [9.17, 15) is 9.90 Å². The number of aromatic carboxylic acids is 1. The number of imidazole rings is 1. The summed E-state index contributed by atoms with van der Waals surface area (Å²) in [6.45, 7) is 2.69. The van der Waals surface area contributed by atoms with Crippen LogP contribution in [0.2, 0.25) is 0 Å². The van der Waals surface area contributed by atoms with Gasteiger partial charge in [0, 0.05) is 5.69 Å². The quantitative estimate of drug-likeness (QED) is 0.342. The first-order valence-electron chi connectivity index (χ1n) is 10.1. The van der Waals surface area contributed by atoms with E-state index in [0.717, 1.165) is 21.5 Å². The number of para-hydroxylation sites is 1. The minimum Gasteiger partial charge on any atom is -0.478 e. The molecule has 0 atom stereocenters. The zero-order valence-corrected chi connectivity index (χ0v) is 19.0. The summed E-state index contributed by atoms with van der Waals surface area (Å²) in [4.78, 5) is 16.3. The van der Waals surface area contributed by atoms with Gasteiger partial charge < -0.3 is 14.4 Å². The van der Waals surface area contributed by atoms with Gasteiger partial charge in [-0.05, 0) is 70.0 Å². The van der Waals surface area contributed by atoms with Crippen molar-refractivity contribution in [3.63, 3.8) is 0 Å². The topological polar surface area (TPSA) is 124 Å². The molecule has 0 saturated heterocycles. The molecule has 0 spiro atoms. The van der Waals surface area contributed by atoms with Crippen LogP contribution in [-0.4, -0.2) is 52.4 Å². The van der Waals surface area contributed by atoms with Crippen molar-refractivity contribution >= 4 is 32.9 Å². The molecule has 0 fully saturated rings. The van der Waals surface area contributed by atoms with E-state index in [-0.39, 0.29) is 5.56 Å². The van der Waals surface area contributed by atoms with Gasteiger partial charge in [-0.2, -0.15) is 10.2 Å². The molecule has 0 amide bonds. The van der Waals surface area contributed by atoms with Crippen LogP contribution in [0.5, 0.6) is 6.01 Å². The summed E-state index contributed by atoms with van der Waals surface area (Å²) < 4.78 is 10.3. The van der Waals surface area contributed by atoms with Crippen molar-refractivity contribution in [1.29, 1.82) is 0 Å². The van der Waals surface area contributed by atoms with Gasteiger partial charge in [0.25, 0.3) is 6.01 Å². The Morgan fingerprint density at radius 3 is 2.67 bits per heavy atom. The lowest BCUT2D eigenvalue weighted by atomic mass is 10.1. The van der Waals surface area contributed by atoms with Gasteiger partial charge in [-0.25, -0.2) is 4.79 Å². The summed E-state index contributed by atoms with van der Waals surface area (Å²) >= 11 is 3.57. The number of fused-ring (bicyclic) bond motifs is 1. The molecule has 3 aromatic heterocycles. The van der Waals surface area contributed by atoms with Crippen molar-refractivity contribution in [2.24, 2.45) is 0 Å². The van der Waals surface area contributed by atoms with Gasteiger partial charge >= 0.3 is 5.97 Å². The number of benzene rings is 2. The lowest BCUT2D eigenvalue weighted by Gasteiger charge is -2.12. The van der Waals surface area contributed by atoms with Crippen molar-refractivity contribution in [2.45, 2.75) is 13.5 Å². The minimum absolute atomic E-state index is 0.184. The molecule has 0 aliphatic heterocycles. The number of ether oxygens (including phenoxy) is 1. The largest absolute Gasteiger partial charge is 0.478 e. The van der Waals surface area contributed by atoms with E-state index in [0.29, 0.717) is 36.0 Å². The molecule has 0 radical (unpaired) electrons. The standard InChI is InChI=1S/C22H18BrN7O3/c1-2-33-22-24-16-5-3-4-15(21(31)32)19(16)29(22)12-13-6-8-14(9-7-13)30-17(10-11-18(30)23)20-25-27-28-26-20/h3-11H,2,12H2,1H3,(H,31,32)(H,25,26,27,28). The second kappa shape index (κ2) is 8.51. The summed E-state index contributed by atoms with van der Waals surface area (Å²) in [5.41, 5.74) is 3.95. The number of tetrazole rings is 1. The average Bonchev–Trinajstić information content (AvgIpc) is 3.54. The first kappa shape index (κ1) is 20.9. The number of nitrogens with zero attached hydrogens (tertiary/aromatic N) is 6. The molecule has 33 heavy (non-hydrogen) atoms. The number of halogens is 1. The summed E-state index contributed by atoms with van der Waals surface area (Å²) in [5.74, 6) is -0.524. The molecule has 11 heteroatoms. The van der Waals surface area contributed by atoms with Crippen molar-refractivity contribution in [3.05, 3.63) is 70.3 Å². The fourth-order valence-electron chi connectivity index (χ4n) is 3.77. The first-order valence-corrected chi connectivity index (χ1v) is 10.9. The Labute approximate surface area is 196 Å². The number of carboxylic acids is 1. The van der Waals surface area contributed by atoms with Gasteiger partial charge in [0.15, 0.2) is 0 Å². The number of aromatic nitrogens is 7. The Kier molecular flexibility index (Phi) is 5.38. The maximum Gasteiger partial charge on any atom is 0.337 e. The molecule has 2 aromatic carbocycles. The highest BCUT2D eigenvalue weighted by Crippen LogP contribution is 2.29. The first-order chi connectivity index (χ1) is 16.1. The Bertz CT molecular complexity index is 1440. The number of hydrogen-bond acceptors (Lipinski definition) is 6. The predicted molar refractivity (Wildman–Crippen MR) is 124 cm³/mol. The summed E-state index contributed by atoms with van der Waals surface area (Å²) in [6, 6.07) is 17.2. The number of carbonyl (C=O) groups is 1. The van der Waals surface area contributed by atoms with Crippen LogP contribution in [0.1, 0.15) is 22.8 Å². The van der Waals surface area contributed by atoms with Crippen molar-refractivity contribution in [3.8, 4) is 23.2 Å². The van der Waals surface area contributed by atoms with Crippen molar-refractivity contribution in [2.75, 3.05) is 6.61 Å². The average molecular weight is 508 g/mol. The van der Waals surface area contributed by atoms with Gasteiger partial charge in [-0.1, -0.05) is 18.2 Å². The number of nitrogens with one attached hydrogen (secondary N) is 1. The maximum absolute atomic E-state index is 11.8. The van der Waals surface area contributed by atoms with Crippen LogP contribution >= 0.6 is 15.9 Å². The molecular formula is C22H18BrN7O3. The maximum atomic E-state index is 11.8.